The second-order valence-corrected chi connectivity index (χ2v) is 8.87. The van der Waals surface area contributed by atoms with Crippen LogP contribution in [0.3, 0.4) is 0 Å². The van der Waals surface area contributed by atoms with Gasteiger partial charge in [-0.15, -0.1) is 11.8 Å². The van der Waals surface area contributed by atoms with Crippen LogP contribution in [0.5, 0.6) is 0 Å². The van der Waals surface area contributed by atoms with E-state index in [1.165, 1.54) is 36.4 Å². The Kier molecular flexibility index (Phi) is 8.06. The highest BCUT2D eigenvalue weighted by atomic mass is 32.2. The SMILES string of the molecule is CC(=O)NC(CSc1cccc([N+](=O)[O-])c1)C(=O)N1CCC(Cc2ccccc2)CC1. The number of hydrogen-bond donors (Lipinski definition) is 1. The Morgan fingerprint density at radius 2 is 1.87 bits per heavy atom. The van der Waals surface area contributed by atoms with Crippen molar-refractivity contribution in [2.75, 3.05) is 18.8 Å². The Morgan fingerprint density at radius 1 is 1.16 bits per heavy atom. The van der Waals surface area contributed by atoms with Crippen molar-refractivity contribution < 1.29 is 14.5 Å². The van der Waals surface area contributed by atoms with Gasteiger partial charge in [-0.1, -0.05) is 36.4 Å². The van der Waals surface area contributed by atoms with E-state index in [4.69, 9.17) is 0 Å². The molecule has 7 nitrogen and oxygen atoms in total. The lowest BCUT2D eigenvalue weighted by atomic mass is 9.90. The van der Waals surface area contributed by atoms with Gasteiger partial charge in [-0.05, 0) is 36.8 Å². The van der Waals surface area contributed by atoms with Crippen molar-refractivity contribution in [3.8, 4) is 0 Å². The van der Waals surface area contributed by atoms with Crippen molar-refractivity contribution in [3.05, 3.63) is 70.3 Å². The summed E-state index contributed by atoms with van der Waals surface area (Å²) in [7, 11) is 0. The van der Waals surface area contributed by atoms with Gasteiger partial charge in [0.05, 0.1) is 4.92 Å². The highest BCUT2D eigenvalue weighted by molar-refractivity contribution is 7.99. The molecule has 1 aliphatic rings. The number of rotatable bonds is 8. The van der Waals surface area contributed by atoms with E-state index in [9.17, 15) is 19.7 Å². The third-order valence-electron chi connectivity index (χ3n) is 5.41. The number of piperidine rings is 1. The molecule has 0 spiro atoms. The number of nitro benzene ring substituents is 1. The first kappa shape index (κ1) is 22.8. The van der Waals surface area contributed by atoms with Gasteiger partial charge in [0.2, 0.25) is 11.8 Å². The standard InChI is InChI=1S/C23H27N3O4S/c1-17(27)24-22(16-31-21-9-5-8-20(15-21)26(29)30)23(28)25-12-10-19(11-13-25)14-18-6-3-2-4-7-18/h2-9,15,19,22H,10-14,16H2,1H3,(H,24,27). The maximum atomic E-state index is 13.1. The fourth-order valence-corrected chi connectivity index (χ4v) is 4.78. The normalized spacial score (nSPS) is 15.3. The van der Waals surface area contributed by atoms with Crippen LogP contribution in [-0.4, -0.2) is 46.5 Å². The molecule has 1 aliphatic heterocycles. The molecule has 0 aliphatic carbocycles. The van der Waals surface area contributed by atoms with Crippen LogP contribution in [0, 0.1) is 16.0 Å². The van der Waals surface area contributed by atoms with Gasteiger partial charge >= 0.3 is 0 Å². The molecule has 1 heterocycles. The summed E-state index contributed by atoms with van der Waals surface area (Å²) in [6.45, 7) is 2.74. The average Bonchev–Trinajstić information content (AvgIpc) is 2.77. The minimum atomic E-state index is -0.660. The van der Waals surface area contributed by atoms with E-state index in [-0.39, 0.29) is 17.5 Å². The zero-order valence-electron chi connectivity index (χ0n) is 17.5. The quantitative estimate of drug-likeness (QED) is 0.383. The van der Waals surface area contributed by atoms with Gasteiger partial charge in [0.25, 0.3) is 5.69 Å². The maximum absolute atomic E-state index is 13.1. The fraction of sp³-hybridized carbons (Fsp3) is 0.391. The summed E-state index contributed by atoms with van der Waals surface area (Å²) >= 11 is 1.33. The van der Waals surface area contributed by atoms with Crippen LogP contribution in [0.1, 0.15) is 25.3 Å². The van der Waals surface area contributed by atoms with E-state index < -0.39 is 11.0 Å². The number of nitrogens with zero attached hydrogens (tertiary/aromatic N) is 2. The molecule has 2 aromatic rings. The maximum Gasteiger partial charge on any atom is 0.270 e. The Morgan fingerprint density at radius 3 is 2.52 bits per heavy atom. The summed E-state index contributed by atoms with van der Waals surface area (Å²) in [4.78, 5) is 37.8. The highest BCUT2D eigenvalue weighted by Gasteiger charge is 2.29. The van der Waals surface area contributed by atoms with Gasteiger partial charge in [-0.25, -0.2) is 0 Å². The highest BCUT2D eigenvalue weighted by Crippen LogP contribution is 2.25. The molecule has 3 rings (SSSR count). The summed E-state index contributed by atoms with van der Waals surface area (Å²) in [5.74, 6) is 0.511. The number of hydrogen-bond acceptors (Lipinski definition) is 5. The van der Waals surface area contributed by atoms with E-state index in [1.54, 1.807) is 12.1 Å². The molecule has 2 amide bonds. The van der Waals surface area contributed by atoms with E-state index in [0.717, 1.165) is 19.3 Å². The van der Waals surface area contributed by atoms with Crippen molar-refractivity contribution in [3.63, 3.8) is 0 Å². The van der Waals surface area contributed by atoms with E-state index >= 15 is 0 Å². The second kappa shape index (κ2) is 10.9. The van der Waals surface area contributed by atoms with Crippen LogP contribution in [0.2, 0.25) is 0 Å². The molecule has 164 valence electrons. The number of non-ortho nitro benzene ring substituents is 1. The predicted octanol–water partition coefficient (Wildman–Crippen LogP) is 3.67. The zero-order chi connectivity index (χ0) is 22.2. The van der Waals surface area contributed by atoms with Gasteiger partial charge < -0.3 is 10.2 Å². The Balaban J connectivity index is 1.56. The third-order valence-corrected chi connectivity index (χ3v) is 6.50. The van der Waals surface area contributed by atoms with E-state index in [2.05, 4.69) is 17.4 Å². The van der Waals surface area contributed by atoms with Gasteiger partial charge in [0.15, 0.2) is 0 Å². The number of benzene rings is 2. The first-order valence-corrected chi connectivity index (χ1v) is 11.4. The molecule has 1 atom stereocenters. The summed E-state index contributed by atoms with van der Waals surface area (Å²) in [6, 6.07) is 16.0. The number of thioether (sulfide) groups is 1. The molecule has 0 radical (unpaired) electrons. The minimum Gasteiger partial charge on any atom is -0.344 e. The Labute approximate surface area is 186 Å². The number of nitro groups is 1. The Hall–Kier alpha value is -2.87. The van der Waals surface area contributed by atoms with Crippen molar-refractivity contribution in [2.24, 2.45) is 5.92 Å². The minimum absolute atomic E-state index is 0.00731. The van der Waals surface area contributed by atoms with Crippen LogP contribution in [0.15, 0.2) is 59.5 Å². The lowest BCUT2D eigenvalue weighted by Gasteiger charge is -2.34. The number of carbonyl (C=O) groups is 2. The van der Waals surface area contributed by atoms with Crippen molar-refractivity contribution in [2.45, 2.75) is 37.1 Å². The van der Waals surface area contributed by atoms with Crippen molar-refractivity contribution >= 4 is 29.3 Å². The molecule has 8 heteroatoms. The van der Waals surface area contributed by atoms with Gasteiger partial charge in [0.1, 0.15) is 6.04 Å². The van der Waals surface area contributed by atoms with Crippen LogP contribution in [-0.2, 0) is 16.0 Å². The monoisotopic (exact) mass is 441 g/mol. The third kappa shape index (κ3) is 6.82. The number of likely N-dealkylation sites (tertiary alicyclic amines) is 1. The van der Waals surface area contributed by atoms with Gasteiger partial charge in [-0.3, -0.25) is 19.7 Å². The Bertz CT molecular complexity index is 914. The summed E-state index contributed by atoms with van der Waals surface area (Å²) < 4.78 is 0. The molecule has 0 bridgehead atoms. The molecule has 31 heavy (non-hydrogen) atoms. The molecule has 0 aromatic heterocycles. The number of nitrogens with one attached hydrogen (secondary N) is 1. The molecular weight excluding hydrogens is 414 g/mol. The second-order valence-electron chi connectivity index (χ2n) is 7.78. The predicted molar refractivity (Wildman–Crippen MR) is 121 cm³/mol. The number of carbonyl (C=O) groups excluding carboxylic acids is 2. The molecule has 1 unspecified atom stereocenters. The largest absolute Gasteiger partial charge is 0.344 e. The first-order valence-electron chi connectivity index (χ1n) is 10.4. The smallest absolute Gasteiger partial charge is 0.270 e. The van der Waals surface area contributed by atoms with Crippen LogP contribution < -0.4 is 5.32 Å². The first-order chi connectivity index (χ1) is 14.9. The lowest BCUT2D eigenvalue weighted by molar-refractivity contribution is -0.385. The fourth-order valence-electron chi connectivity index (χ4n) is 3.81. The summed E-state index contributed by atoms with van der Waals surface area (Å²) in [6.07, 6.45) is 2.89. The van der Waals surface area contributed by atoms with Crippen molar-refractivity contribution in [1.82, 2.24) is 10.2 Å². The topological polar surface area (TPSA) is 92.5 Å². The van der Waals surface area contributed by atoms with Gasteiger partial charge in [-0.2, -0.15) is 0 Å². The zero-order valence-corrected chi connectivity index (χ0v) is 18.3. The van der Waals surface area contributed by atoms with E-state index in [1.807, 2.05) is 23.1 Å². The van der Waals surface area contributed by atoms with Crippen LogP contribution in [0.4, 0.5) is 5.69 Å². The average molecular weight is 442 g/mol. The van der Waals surface area contributed by atoms with Crippen LogP contribution >= 0.6 is 11.8 Å². The molecule has 1 fully saturated rings. The molecule has 1 saturated heterocycles. The van der Waals surface area contributed by atoms with Gasteiger partial charge in [0, 0.05) is 42.8 Å². The summed E-state index contributed by atoms with van der Waals surface area (Å²) in [5.41, 5.74) is 1.32. The van der Waals surface area contributed by atoms with Crippen LogP contribution in [0.25, 0.3) is 0 Å². The van der Waals surface area contributed by atoms with Crippen molar-refractivity contribution in [1.29, 1.82) is 0 Å². The molecule has 0 saturated carbocycles. The molecule has 2 aromatic carbocycles. The summed E-state index contributed by atoms with van der Waals surface area (Å²) in [5, 5.41) is 13.7. The van der Waals surface area contributed by atoms with E-state index in [0.29, 0.717) is 29.7 Å². The number of amides is 2. The molecular formula is C23H27N3O4S. The lowest BCUT2D eigenvalue weighted by Crippen LogP contribution is -2.51. The molecule has 1 N–H and O–H groups in total.